The minimum Gasteiger partial charge on any atom is -0.368 e. The van der Waals surface area contributed by atoms with Gasteiger partial charge < -0.3 is 20.4 Å². The zero-order valence-electron chi connectivity index (χ0n) is 18.3. The minimum absolute atomic E-state index is 0.0836. The van der Waals surface area contributed by atoms with E-state index < -0.39 is 0 Å². The number of carbonyl (C=O) groups excluding carboxylic acids is 2. The molecular weight excluding hydrogens is 400 g/mol. The number of anilines is 3. The molecule has 0 bridgehead atoms. The summed E-state index contributed by atoms with van der Waals surface area (Å²) in [5, 5.41) is 5.75. The van der Waals surface area contributed by atoms with Crippen molar-refractivity contribution in [2.24, 2.45) is 0 Å². The Balaban J connectivity index is 1.29. The second-order valence-electron chi connectivity index (χ2n) is 7.83. The van der Waals surface area contributed by atoms with Gasteiger partial charge in [-0.3, -0.25) is 4.79 Å². The van der Waals surface area contributed by atoms with E-state index in [1.54, 1.807) is 0 Å². The van der Waals surface area contributed by atoms with Gasteiger partial charge in [0.2, 0.25) is 0 Å². The molecule has 6 nitrogen and oxygen atoms in total. The van der Waals surface area contributed by atoms with Gasteiger partial charge in [-0.25, -0.2) is 4.79 Å². The highest BCUT2D eigenvalue weighted by Gasteiger charge is 2.22. The predicted molar refractivity (Wildman–Crippen MR) is 129 cm³/mol. The number of hydrogen-bond acceptors (Lipinski definition) is 3. The van der Waals surface area contributed by atoms with Crippen LogP contribution in [0.25, 0.3) is 0 Å². The van der Waals surface area contributed by atoms with E-state index in [4.69, 9.17) is 0 Å². The third kappa shape index (κ3) is 5.27. The Morgan fingerprint density at radius 1 is 0.781 bits per heavy atom. The molecule has 0 unspecified atom stereocenters. The van der Waals surface area contributed by atoms with Gasteiger partial charge in [0.25, 0.3) is 5.91 Å². The summed E-state index contributed by atoms with van der Waals surface area (Å²) in [5.41, 5.74) is 4.50. The molecule has 0 aliphatic carbocycles. The van der Waals surface area contributed by atoms with Gasteiger partial charge in [0.05, 0.1) is 0 Å². The highest BCUT2D eigenvalue weighted by atomic mass is 16.2. The lowest BCUT2D eigenvalue weighted by molar-refractivity contribution is 0.0747. The van der Waals surface area contributed by atoms with Gasteiger partial charge in [-0.15, -0.1) is 0 Å². The van der Waals surface area contributed by atoms with Gasteiger partial charge in [0, 0.05) is 48.8 Å². The first-order chi connectivity index (χ1) is 15.6. The Hall–Kier alpha value is -3.80. The van der Waals surface area contributed by atoms with Crippen LogP contribution >= 0.6 is 0 Å². The summed E-state index contributed by atoms with van der Waals surface area (Å²) in [6.45, 7) is 5.01. The molecule has 1 saturated heterocycles. The zero-order chi connectivity index (χ0) is 22.3. The average Bonchev–Trinajstić information content (AvgIpc) is 2.85. The summed E-state index contributed by atoms with van der Waals surface area (Å²) in [6, 6.07) is 24.8. The lowest BCUT2D eigenvalue weighted by Gasteiger charge is -2.36. The molecule has 3 aromatic rings. The SMILES string of the molecule is CCc1cccc(NC(=O)Nc2ccc(N3CCN(C(=O)c4ccccc4)CC3)cc2)c1. The molecular formula is C26H28N4O2. The second-order valence-corrected chi connectivity index (χ2v) is 7.83. The molecule has 0 spiro atoms. The van der Waals surface area contributed by atoms with Crippen LogP contribution < -0.4 is 15.5 Å². The van der Waals surface area contributed by atoms with E-state index in [1.165, 1.54) is 5.56 Å². The van der Waals surface area contributed by atoms with Crippen LogP contribution in [0.15, 0.2) is 78.9 Å². The van der Waals surface area contributed by atoms with Crippen LogP contribution in [0.4, 0.5) is 21.9 Å². The number of urea groups is 1. The number of amides is 3. The Labute approximate surface area is 188 Å². The van der Waals surface area contributed by atoms with Crippen LogP contribution in [0.5, 0.6) is 0 Å². The maximum Gasteiger partial charge on any atom is 0.323 e. The molecule has 0 atom stereocenters. The topological polar surface area (TPSA) is 64.7 Å². The van der Waals surface area contributed by atoms with Crippen molar-refractivity contribution >= 4 is 29.0 Å². The van der Waals surface area contributed by atoms with Crippen LogP contribution in [-0.4, -0.2) is 43.0 Å². The molecule has 1 aliphatic heterocycles. The van der Waals surface area contributed by atoms with Crippen LogP contribution in [-0.2, 0) is 6.42 Å². The van der Waals surface area contributed by atoms with Crippen LogP contribution in [0.3, 0.4) is 0 Å². The van der Waals surface area contributed by atoms with Crippen molar-refractivity contribution in [1.82, 2.24) is 4.90 Å². The first-order valence-corrected chi connectivity index (χ1v) is 11.0. The Morgan fingerprint density at radius 3 is 2.16 bits per heavy atom. The largest absolute Gasteiger partial charge is 0.368 e. The highest BCUT2D eigenvalue weighted by molar-refractivity contribution is 5.99. The van der Waals surface area contributed by atoms with Crippen molar-refractivity contribution in [3.8, 4) is 0 Å². The molecule has 164 valence electrons. The molecule has 0 saturated carbocycles. The minimum atomic E-state index is -0.265. The van der Waals surface area contributed by atoms with Gasteiger partial charge in [0.1, 0.15) is 0 Å². The molecule has 1 heterocycles. The van der Waals surface area contributed by atoms with Crippen LogP contribution in [0.1, 0.15) is 22.8 Å². The molecule has 4 rings (SSSR count). The maximum absolute atomic E-state index is 12.6. The molecule has 3 amide bonds. The second kappa shape index (κ2) is 10.0. The molecule has 32 heavy (non-hydrogen) atoms. The van der Waals surface area contributed by atoms with Crippen molar-refractivity contribution in [3.63, 3.8) is 0 Å². The smallest absolute Gasteiger partial charge is 0.323 e. The summed E-state index contributed by atoms with van der Waals surface area (Å²) in [5.74, 6) is 0.0836. The van der Waals surface area contributed by atoms with Gasteiger partial charge in [-0.05, 0) is 60.5 Å². The fourth-order valence-corrected chi connectivity index (χ4v) is 3.85. The monoisotopic (exact) mass is 428 g/mol. The van der Waals surface area contributed by atoms with E-state index >= 15 is 0 Å². The Kier molecular flexibility index (Phi) is 6.70. The maximum atomic E-state index is 12.6. The summed E-state index contributed by atoms with van der Waals surface area (Å²) >= 11 is 0. The predicted octanol–water partition coefficient (Wildman–Crippen LogP) is 4.86. The van der Waals surface area contributed by atoms with E-state index in [0.717, 1.165) is 42.1 Å². The first kappa shape index (κ1) is 21.4. The quantitative estimate of drug-likeness (QED) is 0.610. The number of aryl methyl sites for hydroxylation is 1. The van der Waals surface area contributed by atoms with Crippen molar-refractivity contribution < 1.29 is 9.59 Å². The normalized spacial score (nSPS) is 13.5. The standard InChI is InChI=1S/C26H28N4O2/c1-2-20-7-6-10-23(19-20)28-26(32)27-22-11-13-24(14-12-22)29-15-17-30(18-16-29)25(31)21-8-4-3-5-9-21/h3-14,19H,2,15-18H2,1H3,(H2,27,28,32). The van der Waals surface area contributed by atoms with Gasteiger partial charge in [-0.2, -0.15) is 0 Å². The number of carbonyl (C=O) groups is 2. The third-order valence-corrected chi connectivity index (χ3v) is 5.67. The lowest BCUT2D eigenvalue weighted by atomic mass is 10.1. The van der Waals surface area contributed by atoms with E-state index in [-0.39, 0.29) is 11.9 Å². The van der Waals surface area contributed by atoms with Crippen molar-refractivity contribution in [1.29, 1.82) is 0 Å². The first-order valence-electron chi connectivity index (χ1n) is 11.0. The average molecular weight is 429 g/mol. The number of rotatable bonds is 5. The van der Waals surface area contributed by atoms with Crippen molar-refractivity contribution in [3.05, 3.63) is 90.0 Å². The van der Waals surface area contributed by atoms with Crippen molar-refractivity contribution in [2.45, 2.75) is 13.3 Å². The summed E-state index contributed by atoms with van der Waals surface area (Å²) < 4.78 is 0. The van der Waals surface area contributed by atoms with Gasteiger partial charge in [-0.1, -0.05) is 37.3 Å². The fraction of sp³-hybridized carbons (Fsp3) is 0.231. The van der Waals surface area contributed by atoms with E-state index in [9.17, 15) is 9.59 Å². The van der Waals surface area contributed by atoms with E-state index in [1.807, 2.05) is 83.8 Å². The molecule has 0 aromatic heterocycles. The molecule has 0 radical (unpaired) electrons. The fourth-order valence-electron chi connectivity index (χ4n) is 3.85. The van der Waals surface area contributed by atoms with E-state index in [2.05, 4.69) is 22.5 Å². The molecule has 6 heteroatoms. The molecule has 1 aliphatic rings. The highest BCUT2D eigenvalue weighted by Crippen LogP contribution is 2.21. The summed E-state index contributed by atoms with van der Waals surface area (Å²) in [4.78, 5) is 29.1. The zero-order valence-corrected chi connectivity index (χ0v) is 18.3. The number of nitrogens with one attached hydrogen (secondary N) is 2. The molecule has 1 fully saturated rings. The summed E-state index contributed by atoms with van der Waals surface area (Å²) in [7, 11) is 0. The van der Waals surface area contributed by atoms with Gasteiger partial charge in [0.15, 0.2) is 0 Å². The number of piperazine rings is 1. The molecule has 3 aromatic carbocycles. The molecule has 2 N–H and O–H groups in total. The lowest BCUT2D eigenvalue weighted by Crippen LogP contribution is -2.48. The van der Waals surface area contributed by atoms with E-state index in [0.29, 0.717) is 13.1 Å². The van der Waals surface area contributed by atoms with Crippen LogP contribution in [0.2, 0.25) is 0 Å². The summed E-state index contributed by atoms with van der Waals surface area (Å²) in [6.07, 6.45) is 0.924. The number of hydrogen-bond donors (Lipinski definition) is 2. The third-order valence-electron chi connectivity index (χ3n) is 5.67. The van der Waals surface area contributed by atoms with Crippen LogP contribution in [0, 0.1) is 0 Å². The number of nitrogens with zero attached hydrogens (tertiary/aromatic N) is 2. The number of benzene rings is 3. The van der Waals surface area contributed by atoms with Crippen molar-refractivity contribution in [2.75, 3.05) is 41.7 Å². The van der Waals surface area contributed by atoms with Gasteiger partial charge >= 0.3 is 6.03 Å². The Morgan fingerprint density at radius 2 is 1.47 bits per heavy atom. The Bertz CT molecular complexity index is 1060.